The van der Waals surface area contributed by atoms with Gasteiger partial charge in [-0.15, -0.1) is 0 Å². The number of Topliss-reactive ketones (excluding diaryl/α,β-unsaturated/α-hetero) is 1. The van der Waals surface area contributed by atoms with E-state index in [1.54, 1.807) is 31.2 Å². The number of hydrogen-bond donors (Lipinski definition) is 1. The molecule has 0 radical (unpaired) electrons. The molecule has 0 bridgehead atoms. The zero-order valence-electron chi connectivity index (χ0n) is 10.4. The molecule has 2 nitrogen and oxygen atoms in total. The first-order valence-corrected chi connectivity index (χ1v) is 6.19. The van der Waals surface area contributed by atoms with Crippen LogP contribution in [0.2, 0.25) is 5.02 Å². The highest BCUT2D eigenvalue weighted by atomic mass is 35.5. The molecular formula is C15H13ClFNO. The second-order valence-corrected chi connectivity index (χ2v) is 4.71. The average molecular weight is 278 g/mol. The molecule has 0 aliphatic heterocycles. The van der Waals surface area contributed by atoms with Crippen molar-refractivity contribution in [3.8, 4) is 0 Å². The number of hydrogen-bond acceptors (Lipinski definition) is 2. The van der Waals surface area contributed by atoms with E-state index in [1.807, 2.05) is 0 Å². The van der Waals surface area contributed by atoms with Gasteiger partial charge in [-0.3, -0.25) is 4.79 Å². The van der Waals surface area contributed by atoms with Crippen molar-refractivity contribution in [1.29, 1.82) is 0 Å². The number of ketones is 1. The Balaban J connectivity index is 2.31. The molecule has 0 fully saturated rings. The largest absolute Gasteiger partial charge is 0.398 e. The van der Waals surface area contributed by atoms with Crippen LogP contribution in [-0.2, 0) is 6.42 Å². The molecule has 2 aromatic carbocycles. The van der Waals surface area contributed by atoms with Crippen molar-refractivity contribution in [3.63, 3.8) is 0 Å². The Morgan fingerprint density at radius 1 is 1.26 bits per heavy atom. The van der Waals surface area contributed by atoms with Crippen LogP contribution in [0.15, 0.2) is 36.4 Å². The molecule has 19 heavy (non-hydrogen) atoms. The van der Waals surface area contributed by atoms with Crippen LogP contribution in [0.4, 0.5) is 10.1 Å². The standard InChI is InChI=1S/C15H13ClFNO/c1-9-11(5-3-7-13(9)18)14(19)8-10-4-2-6-12(17)15(10)16/h2-7H,8,18H2,1H3. The smallest absolute Gasteiger partial charge is 0.167 e. The number of nitrogen functional groups attached to an aromatic ring is 1. The van der Waals surface area contributed by atoms with E-state index >= 15 is 0 Å². The summed E-state index contributed by atoms with van der Waals surface area (Å²) in [6.45, 7) is 1.79. The molecule has 0 spiro atoms. The van der Waals surface area contributed by atoms with Gasteiger partial charge in [0.2, 0.25) is 0 Å². The minimum Gasteiger partial charge on any atom is -0.398 e. The van der Waals surface area contributed by atoms with Crippen LogP contribution in [-0.4, -0.2) is 5.78 Å². The lowest BCUT2D eigenvalue weighted by Gasteiger charge is -2.08. The van der Waals surface area contributed by atoms with Crippen LogP contribution >= 0.6 is 11.6 Å². The van der Waals surface area contributed by atoms with Gasteiger partial charge in [-0.25, -0.2) is 4.39 Å². The van der Waals surface area contributed by atoms with Crippen molar-refractivity contribution < 1.29 is 9.18 Å². The van der Waals surface area contributed by atoms with Gasteiger partial charge < -0.3 is 5.73 Å². The molecular weight excluding hydrogens is 265 g/mol. The van der Waals surface area contributed by atoms with Crippen LogP contribution in [0.1, 0.15) is 21.5 Å². The summed E-state index contributed by atoms with van der Waals surface area (Å²) in [5.74, 6) is -0.645. The third-order valence-corrected chi connectivity index (χ3v) is 3.48. The third kappa shape index (κ3) is 2.76. The predicted octanol–water partition coefficient (Wildman–Crippen LogP) is 3.80. The normalized spacial score (nSPS) is 10.5. The third-order valence-electron chi connectivity index (χ3n) is 3.06. The summed E-state index contributed by atoms with van der Waals surface area (Å²) in [5.41, 5.74) is 8.09. The Morgan fingerprint density at radius 3 is 2.68 bits per heavy atom. The fraction of sp³-hybridized carbons (Fsp3) is 0.133. The molecule has 2 rings (SSSR count). The minimum atomic E-state index is -0.517. The lowest BCUT2D eigenvalue weighted by Crippen LogP contribution is -2.08. The first-order valence-electron chi connectivity index (χ1n) is 5.82. The lowest BCUT2D eigenvalue weighted by atomic mass is 9.98. The Labute approximate surface area is 116 Å². The Morgan fingerprint density at radius 2 is 1.95 bits per heavy atom. The van der Waals surface area contributed by atoms with Crippen molar-refractivity contribution in [1.82, 2.24) is 0 Å². The van der Waals surface area contributed by atoms with Crippen LogP contribution in [0, 0.1) is 12.7 Å². The highest BCUT2D eigenvalue weighted by molar-refractivity contribution is 6.31. The second-order valence-electron chi connectivity index (χ2n) is 4.33. The zero-order chi connectivity index (χ0) is 14.0. The molecule has 98 valence electrons. The van der Waals surface area contributed by atoms with E-state index in [0.29, 0.717) is 16.8 Å². The first-order chi connectivity index (χ1) is 9.00. The maximum absolute atomic E-state index is 13.3. The molecule has 0 atom stereocenters. The van der Waals surface area contributed by atoms with Crippen LogP contribution in [0.5, 0.6) is 0 Å². The zero-order valence-corrected chi connectivity index (χ0v) is 11.2. The van der Waals surface area contributed by atoms with E-state index in [-0.39, 0.29) is 17.2 Å². The van der Waals surface area contributed by atoms with Gasteiger partial charge in [-0.05, 0) is 30.2 Å². The second kappa shape index (κ2) is 5.41. The van der Waals surface area contributed by atoms with E-state index in [1.165, 1.54) is 12.1 Å². The molecule has 0 aliphatic rings. The van der Waals surface area contributed by atoms with Crippen molar-refractivity contribution in [3.05, 3.63) is 63.9 Å². The maximum Gasteiger partial charge on any atom is 0.167 e. The quantitative estimate of drug-likeness (QED) is 0.685. The minimum absolute atomic E-state index is 0.00240. The summed E-state index contributed by atoms with van der Waals surface area (Å²) in [6, 6.07) is 9.62. The van der Waals surface area contributed by atoms with Crippen LogP contribution < -0.4 is 5.73 Å². The number of carbonyl (C=O) groups is 1. The SMILES string of the molecule is Cc1c(N)cccc1C(=O)Cc1cccc(F)c1Cl. The molecule has 0 aliphatic carbocycles. The molecule has 2 N–H and O–H groups in total. The molecule has 0 saturated carbocycles. The monoisotopic (exact) mass is 277 g/mol. The van der Waals surface area contributed by atoms with Gasteiger partial charge in [0.1, 0.15) is 5.82 Å². The van der Waals surface area contributed by atoms with Gasteiger partial charge in [0.05, 0.1) is 5.02 Å². The number of nitrogens with two attached hydrogens (primary N) is 1. The Hall–Kier alpha value is -1.87. The molecule has 0 heterocycles. The molecule has 4 heteroatoms. The highest BCUT2D eigenvalue weighted by Gasteiger charge is 2.14. The number of halogens is 2. The predicted molar refractivity (Wildman–Crippen MR) is 75.0 cm³/mol. The van der Waals surface area contributed by atoms with E-state index in [9.17, 15) is 9.18 Å². The number of rotatable bonds is 3. The van der Waals surface area contributed by atoms with Crippen molar-refractivity contribution in [2.24, 2.45) is 0 Å². The molecule has 2 aromatic rings. The highest BCUT2D eigenvalue weighted by Crippen LogP contribution is 2.23. The van der Waals surface area contributed by atoms with E-state index < -0.39 is 5.82 Å². The van der Waals surface area contributed by atoms with Gasteiger partial charge in [-0.2, -0.15) is 0 Å². The fourth-order valence-corrected chi connectivity index (χ4v) is 2.10. The van der Waals surface area contributed by atoms with Gasteiger partial charge in [0.15, 0.2) is 5.78 Å². The van der Waals surface area contributed by atoms with E-state index in [4.69, 9.17) is 17.3 Å². The van der Waals surface area contributed by atoms with Crippen molar-refractivity contribution >= 4 is 23.1 Å². The summed E-state index contributed by atoms with van der Waals surface area (Å²) >= 11 is 5.84. The summed E-state index contributed by atoms with van der Waals surface area (Å²) < 4.78 is 13.3. The summed E-state index contributed by atoms with van der Waals surface area (Å²) in [4.78, 5) is 12.2. The van der Waals surface area contributed by atoms with Crippen molar-refractivity contribution in [2.75, 3.05) is 5.73 Å². The Bertz CT molecular complexity index is 640. The van der Waals surface area contributed by atoms with Gasteiger partial charge >= 0.3 is 0 Å². The fourth-order valence-electron chi connectivity index (χ4n) is 1.91. The summed E-state index contributed by atoms with van der Waals surface area (Å²) in [5, 5.41) is -0.00240. The van der Waals surface area contributed by atoms with Crippen LogP contribution in [0.25, 0.3) is 0 Å². The van der Waals surface area contributed by atoms with Crippen molar-refractivity contribution in [2.45, 2.75) is 13.3 Å². The number of benzene rings is 2. The van der Waals surface area contributed by atoms with Gasteiger partial charge in [0, 0.05) is 17.7 Å². The average Bonchev–Trinajstić information content (AvgIpc) is 2.38. The topological polar surface area (TPSA) is 43.1 Å². The van der Waals surface area contributed by atoms with Crippen LogP contribution in [0.3, 0.4) is 0 Å². The Kier molecular flexibility index (Phi) is 3.86. The lowest BCUT2D eigenvalue weighted by molar-refractivity contribution is 0.0992. The first kappa shape index (κ1) is 13.6. The number of anilines is 1. The maximum atomic E-state index is 13.3. The van der Waals surface area contributed by atoms with E-state index in [0.717, 1.165) is 5.56 Å². The van der Waals surface area contributed by atoms with Gasteiger partial charge in [-0.1, -0.05) is 35.9 Å². The van der Waals surface area contributed by atoms with Gasteiger partial charge in [0.25, 0.3) is 0 Å². The molecule has 0 unspecified atom stereocenters. The molecule has 0 aromatic heterocycles. The number of carbonyl (C=O) groups excluding carboxylic acids is 1. The summed E-state index contributed by atoms with van der Waals surface area (Å²) in [6.07, 6.45) is 0.0564. The van der Waals surface area contributed by atoms with E-state index in [2.05, 4.69) is 0 Å². The summed E-state index contributed by atoms with van der Waals surface area (Å²) in [7, 11) is 0. The molecule has 0 saturated heterocycles. The molecule has 0 amide bonds.